The normalized spacial score (nSPS) is 10.4. The molecule has 0 radical (unpaired) electrons. The quantitative estimate of drug-likeness (QED) is 0.468. The Morgan fingerprint density at radius 3 is 2.29 bits per heavy atom. The second-order valence-electron chi connectivity index (χ2n) is 2.28. The molecule has 1 atom stereocenters. The Morgan fingerprint density at radius 2 is 1.93 bits per heavy atom. The average molecular weight is 206 g/mol. The summed E-state index contributed by atoms with van der Waals surface area (Å²) < 4.78 is 0. The third-order valence-electron chi connectivity index (χ3n) is 1.40. The van der Waals surface area contributed by atoms with Gasteiger partial charge in [-0.3, -0.25) is 10.0 Å². The van der Waals surface area contributed by atoms with Gasteiger partial charge in [-0.2, -0.15) is 5.48 Å². The fourth-order valence-electron chi connectivity index (χ4n) is 0.405. The molecule has 0 aromatic carbocycles. The summed E-state index contributed by atoms with van der Waals surface area (Å²) in [6, 6.07) is 0. The van der Waals surface area contributed by atoms with Gasteiger partial charge in [0.1, 0.15) is 0 Å². The third-order valence-corrected chi connectivity index (χ3v) is 1.40. The maximum absolute atomic E-state index is 10.9. The number of carbonyl (C=O) groups is 2. The summed E-state index contributed by atoms with van der Waals surface area (Å²) in [6.45, 7) is 7.52. The number of hydrogen-bond donors (Lipinski definition) is 3. The van der Waals surface area contributed by atoms with Crippen LogP contribution in [-0.4, -0.2) is 17.2 Å². The van der Waals surface area contributed by atoms with Crippen LogP contribution in [0.3, 0.4) is 0 Å². The summed E-state index contributed by atoms with van der Waals surface area (Å²) in [4.78, 5) is 25.2. The molecule has 0 fully saturated rings. The van der Waals surface area contributed by atoms with Gasteiger partial charge in [-0.15, -0.1) is 0 Å². The predicted octanol–water partition coefficient (Wildman–Crippen LogP) is 1.21. The van der Waals surface area contributed by atoms with Crippen molar-refractivity contribution in [3.8, 4) is 0 Å². The van der Waals surface area contributed by atoms with Crippen LogP contribution in [0, 0.1) is 5.92 Å². The number of carbonyl (C=O) groups excluding carboxylic acids is 2. The number of amides is 2. The molecule has 3 N–H and O–H groups in total. The highest BCUT2D eigenvalue weighted by Crippen LogP contribution is 1.98. The molecule has 0 saturated carbocycles. The minimum Gasteiger partial charge on any atom is -0.320 e. The molecular weight excluding hydrogens is 188 g/mol. The van der Waals surface area contributed by atoms with Crippen molar-refractivity contribution in [1.29, 1.82) is 0 Å². The van der Waals surface area contributed by atoms with Gasteiger partial charge in [0, 0.05) is 5.92 Å². The van der Waals surface area contributed by atoms with E-state index in [1.54, 1.807) is 6.92 Å². The van der Waals surface area contributed by atoms with Gasteiger partial charge >= 0.3 is 6.09 Å². The zero-order valence-corrected chi connectivity index (χ0v) is 8.96. The molecule has 84 valence electrons. The monoisotopic (exact) mass is 206 g/mol. The van der Waals surface area contributed by atoms with Crippen molar-refractivity contribution in [3.05, 3.63) is 0 Å². The molecule has 0 heterocycles. The van der Waals surface area contributed by atoms with Gasteiger partial charge < -0.3 is 4.84 Å². The van der Waals surface area contributed by atoms with E-state index >= 15 is 0 Å². The number of hydrogen-bond acceptors (Lipinski definition) is 4. The summed E-state index contributed by atoms with van der Waals surface area (Å²) in [5.41, 5.74) is 3.07. The van der Waals surface area contributed by atoms with Crippen molar-refractivity contribution < 1.29 is 19.6 Å². The predicted molar refractivity (Wildman–Crippen MR) is 50.3 cm³/mol. The molecule has 14 heavy (non-hydrogen) atoms. The summed E-state index contributed by atoms with van der Waals surface area (Å²) in [6.07, 6.45) is -0.470. The first-order chi connectivity index (χ1) is 6.61. The summed E-state index contributed by atoms with van der Waals surface area (Å²) in [5, 5.41) is 7.97. The Labute approximate surface area is 83.5 Å². The van der Waals surface area contributed by atoms with E-state index in [9.17, 15) is 9.59 Å². The Balaban J connectivity index is 0. The van der Waals surface area contributed by atoms with Crippen molar-refractivity contribution in [2.24, 2.45) is 5.92 Å². The van der Waals surface area contributed by atoms with E-state index in [2.05, 4.69) is 4.84 Å². The second kappa shape index (κ2) is 9.79. The summed E-state index contributed by atoms with van der Waals surface area (Å²) >= 11 is 0. The molecular formula is C8H18N2O4. The highest BCUT2D eigenvalue weighted by atomic mass is 16.7. The number of rotatable bonds is 2. The van der Waals surface area contributed by atoms with Gasteiger partial charge in [-0.05, 0) is 6.42 Å². The molecule has 0 bridgehead atoms. The topological polar surface area (TPSA) is 87.7 Å². The highest BCUT2D eigenvalue weighted by molar-refractivity contribution is 5.78. The summed E-state index contributed by atoms with van der Waals surface area (Å²) in [7, 11) is 0. The Hall–Kier alpha value is -1.30. The minimum atomic E-state index is -1.12. The van der Waals surface area contributed by atoms with Crippen LogP contribution >= 0.6 is 0 Å². The van der Waals surface area contributed by atoms with Gasteiger partial charge in [0.05, 0.1) is 0 Å². The van der Waals surface area contributed by atoms with Crippen molar-refractivity contribution >= 4 is 12.0 Å². The molecule has 0 aliphatic carbocycles. The zero-order valence-electron chi connectivity index (χ0n) is 8.96. The van der Waals surface area contributed by atoms with Crippen molar-refractivity contribution in [2.45, 2.75) is 34.1 Å². The fourth-order valence-corrected chi connectivity index (χ4v) is 0.405. The average Bonchev–Trinajstić information content (AvgIpc) is 2.26. The molecule has 0 aromatic heterocycles. The molecule has 0 spiro atoms. The Bertz CT molecular complexity index is 173. The first-order valence-corrected chi connectivity index (χ1v) is 4.52. The maximum Gasteiger partial charge on any atom is 0.455 e. The van der Waals surface area contributed by atoms with Gasteiger partial charge in [0.2, 0.25) is 0 Å². The van der Waals surface area contributed by atoms with E-state index in [0.717, 1.165) is 0 Å². The fraction of sp³-hybridized carbons (Fsp3) is 0.750. The molecule has 0 rings (SSSR count). The van der Waals surface area contributed by atoms with E-state index < -0.39 is 12.0 Å². The lowest BCUT2D eigenvalue weighted by atomic mass is 10.1. The van der Waals surface area contributed by atoms with Crippen LogP contribution in [0.15, 0.2) is 0 Å². The van der Waals surface area contributed by atoms with Gasteiger partial charge in [-0.1, -0.05) is 27.7 Å². The lowest BCUT2D eigenvalue weighted by Crippen LogP contribution is -2.34. The highest BCUT2D eigenvalue weighted by Gasteiger charge is 2.11. The largest absolute Gasteiger partial charge is 0.455 e. The SMILES string of the molecule is CC.CCC(C)C(=O)NOC(=O)NO. The van der Waals surface area contributed by atoms with Crippen LogP contribution in [0.1, 0.15) is 34.1 Å². The molecule has 0 aliphatic heterocycles. The van der Waals surface area contributed by atoms with Crippen molar-refractivity contribution in [3.63, 3.8) is 0 Å². The Morgan fingerprint density at radius 1 is 1.43 bits per heavy atom. The number of hydroxylamine groups is 2. The molecule has 0 aromatic rings. The summed E-state index contributed by atoms with van der Waals surface area (Å²) in [5.74, 6) is -0.627. The van der Waals surface area contributed by atoms with E-state index in [4.69, 9.17) is 5.21 Å². The number of nitrogens with one attached hydrogen (secondary N) is 2. The molecule has 0 aliphatic rings. The first kappa shape index (κ1) is 15.2. The van der Waals surface area contributed by atoms with Crippen LogP contribution < -0.4 is 11.0 Å². The molecule has 6 nitrogen and oxygen atoms in total. The van der Waals surface area contributed by atoms with Crippen LogP contribution in [0.25, 0.3) is 0 Å². The molecule has 6 heteroatoms. The zero-order chi connectivity index (χ0) is 11.6. The van der Waals surface area contributed by atoms with Gasteiger partial charge in [-0.25, -0.2) is 10.3 Å². The van der Waals surface area contributed by atoms with Crippen LogP contribution in [0.5, 0.6) is 0 Å². The van der Waals surface area contributed by atoms with Crippen molar-refractivity contribution in [2.75, 3.05) is 0 Å². The van der Waals surface area contributed by atoms with E-state index in [-0.39, 0.29) is 5.92 Å². The molecule has 2 amide bonds. The third kappa shape index (κ3) is 7.35. The van der Waals surface area contributed by atoms with Crippen LogP contribution in [0.4, 0.5) is 4.79 Å². The van der Waals surface area contributed by atoms with Crippen LogP contribution in [-0.2, 0) is 9.63 Å². The first-order valence-electron chi connectivity index (χ1n) is 4.52. The molecule has 1 unspecified atom stereocenters. The second-order valence-corrected chi connectivity index (χ2v) is 2.28. The van der Waals surface area contributed by atoms with E-state index in [0.29, 0.717) is 6.42 Å². The van der Waals surface area contributed by atoms with Crippen LogP contribution in [0.2, 0.25) is 0 Å². The molecule has 0 saturated heterocycles. The van der Waals surface area contributed by atoms with Gasteiger partial charge in [0.25, 0.3) is 5.91 Å². The van der Waals surface area contributed by atoms with Gasteiger partial charge in [0.15, 0.2) is 0 Å². The van der Waals surface area contributed by atoms with E-state index in [1.807, 2.05) is 26.3 Å². The Kier molecular flexibility index (Phi) is 10.6. The standard InChI is InChI=1S/C6H12N2O4.C2H6/c1-3-4(2)5(9)8-12-6(10)7-11;1-2/h4,11H,3H2,1-2H3,(H,7,10)(H,8,9);1-2H3. The van der Waals surface area contributed by atoms with Crippen molar-refractivity contribution in [1.82, 2.24) is 11.0 Å². The lowest BCUT2D eigenvalue weighted by molar-refractivity contribution is -0.133. The maximum atomic E-state index is 10.9. The minimum absolute atomic E-state index is 0.225. The lowest BCUT2D eigenvalue weighted by Gasteiger charge is -2.08. The van der Waals surface area contributed by atoms with E-state index in [1.165, 1.54) is 5.48 Å². The smallest absolute Gasteiger partial charge is 0.320 e.